The molecule has 1 N–H and O–H groups in total. The molecule has 2 aromatic carbocycles. The number of fused-ring (bicyclic) bond motifs is 1. The van der Waals surface area contributed by atoms with Crippen molar-refractivity contribution in [1.82, 2.24) is 0 Å². The van der Waals surface area contributed by atoms with Gasteiger partial charge in [0.1, 0.15) is 0 Å². The number of hydrogen-bond acceptors (Lipinski definition) is 1. The lowest BCUT2D eigenvalue weighted by Crippen LogP contribution is -2.19. The SMILES string of the molecule is Clc1ccc2c(c1)CC(Nc1ccccc1Br)C2. The quantitative estimate of drug-likeness (QED) is 0.846. The fourth-order valence-corrected chi connectivity index (χ4v) is 3.08. The highest BCUT2D eigenvalue weighted by Gasteiger charge is 2.21. The van der Waals surface area contributed by atoms with Gasteiger partial charge in [0.15, 0.2) is 0 Å². The molecule has 0 bridgehead atoms. The average molecular weight is 323 g/mol. The number of para-hydroxylation sites is 1. The Balaban J connectivity index is 1.77. The molecule has 1 aliphatic carbocycles. The molecule has 0 aromatic heterocycles. The van der Waals surface area contributed by atoms with E-state index in [1.54, 1.807) is 0 Å². The molecule has 1 atom stereocenters. The fraction of sp³-hybridized carbons (Fsp3) is 0.200. The highest BCUT2D eigenvalue weighted by atomic mass is 79.9. The van der Waals surface area contributed by atoms with Crippen molar-refractivity contribution in [2.75, 3.05) is 5.32 Å². The van der Waals surface area contributed by atoms with Crippen molar-refractivity contribution >= 4 is 33.2 Å². The second kappa shape index (κ2) is 4.94. The molecule has 2 aromatic rings. The fourth-order valence-electron chi connectivity index (χ4n) is 2.49. The molecule has 0 aliphatic heterocycles. The Kier molecular flexibility index (Phi) is 3.31. The first-order valence-electron chi connectivity index (χ1n) is 6.01. The van der Waals surface area contributed by atoms with Gasteiger partial charge in [-0.05, 0) is 64.2 Å². The first kappa shape index (κ1) is 12.1. The van der Waals surface area contributed by atoms with Crippen molar-refractivity contribution < 1.29 is 0 Å². The summed E-state index contributed by atoms with van der Waals surface area (Å²) in [6.07, 6.45) is 2.10. The molecule has 3 rings (SSSR count). The Bertz CT molecular complexity index is 582. The van der Waals surface area contributed by atoms with Gasteiger partial charge in [-0.2, -0.15) is 0 Å². The van der Waals surface area contributed by atoms with E-state index < -0.39 is 0 Å². The molecule has 0 saturated heterocycles. The summed E-state index contributed by atoms with van der Waals surface area (Å²) in [6.45, 7) is 0. The topological polar surface area (TPSA) is 12.0 Å². The first-order valence-corrected chi connectivity index (χ1v) is 7.18. The van der Waals surface area contributed by atoms with Crippen LogP contribution in [0.4, 0.5) is 5.69 Å². The zero-order valence-corrected chi connectivity index (χ0v) is 12.1. The molecule has 1 aliphatic rings. The van der Waals surface area contributed by atoms with E-state index in [0.29, 0.717) is 6.04 Å². The molecule has 92 valence electrons. The summed E-state index contributed by atoms with van der Waals surface area (Å²) in [4.78, 5) is 0. The molecule has 0 radical (unpaired) electrons. The van der Waals surface area contributed by atoms with Crippen LogP contribution in [-0.2, 0) is 12.8 Å². The van der Waals surface area contributed by atoms with Gasteiger partial charge >= 0.3 is 0 Å². The molecule has 3 heteroatoms. The van der Waals surface area contributed by atoms with Gasteiger partial charge in [-0.25, -0.2) is 0 Å². The normalized spacial score (nSPS) is 17.6. The standard InChI is InChI=1S/C15H13BrClN/c16-14-3-1-2-4-15(14)18-13-8-10-5-6-12(17)7-11(10)9-13/h1-7,13,18H,8-9H2. The third-order valence-electron chi connectivity index (χ3n) is 3.33. The van der Waals surface area contributed by atoms with E-state index >= 15 is 0 Å². The van der Waals surface area contributed by atoms with Crippen LogP contribution in [0.3, 0.4) is 0 Å². The molecule has 1 unspecified atom stereocenters. The van der Waals surface area contributed by atoms with Gasteiger partial charge in [-0.1, -0.05) is 29.8 Å². The van der Waals surface area contributed by atoms with Crippen molar-refractivity contribution in [1.29, 1.82) is 0 Å². The van der Waals surface area contributed by atoms with Gasteiger partial charge in [0.25, 0.3) is 0 Å². The Morgan fingerprint density at radius 3 is 2.67 bits per heavy atom. The van der Waals surface area contributed by atoms with Crippen LogP contribution in [-0.4, -0.2) is 6.04 Å². The maximum Gasteiger partial charge on any atom is 0.0486 e. The van der Waals surface area contributed by atoms with E-state index in [0.717, 1.165) is 28.0 Å². The van der Waals surface area contributed by atoms with Crippen LogP contribution in [0.2, 0.25) is 5.02 Å². The molecular weight excluding hydrogens is 310 g/mol. The maximum absolute atomic E-state index is 6.03. The highest BCUT2D eigenvalue weighted by molar-refractivity contribution is 9.10. The Hall–Kier alpha value is -0.990. The number of hydrogen-bond donors (Lipinski definition) is 1. The Morgan fingerprint density at radius 1 is 1.06 bits per heavy atom. The summed E-state index contributed by atoms with van der Waals surface area (Å²) >= 11 is 9.60. The van der Waals surface area contributed by atoms with Crippen molar-refractivity contribution in [3.05, 3.63) is 63.1 Å². The van der Waals surface area contributed by atoms with Gasteiger partial charge in [-0.3, -0.25) is 0 Å². The van der Waals surface area contributed by atoms with Gasteiger partial charge in [0.05, 0.1) is 0 Å². The minimum absolute atomic E-state index is 0.456. The molecular formula is C15H13BrClN. The average Bonchev–Trinajstić information content (AvgIpc) is 2.73. The molecule has 0 amide bonds. The lowest BCUT2D eigenvalue weighted by atomic mass is 10.1. The third-order valence-corrected chi connectivity index (χ3v) is 4.26. The summed E-state index contributed by atoms with van der Waals surface area (Å²) in [5.41, 5.74) is 3.93. The van der Waals surface area contributed by atoms with Crippen LogP contribution in [0.15, 0.2) is 46.9 Å². The summed E-state index contributed by atoms with van der Waals surface area (Å²) in [7, 11) is 0. The Labute approximate surface area is 120 Å². The third kappa shape index (κ3) is 2.40. The number of nitrogens with one attached hydrogen (secondary N) is 1. The van der Waals surface area contributed by atoms with Gasteiger partial charge < -0.3 is 5.32 Å². The lowest BCUT2D eigenvalue weighted by Gasteiger charge is -2.14. The van der Waals surface area contributed by atoms with E-state index in [-0.39, 0.29) is 0 Å². The van der Waals surface area contributed by atoms with E-state index in [4.69, 9.17) is 11.6 Å². The van der Waals surface area contributed by atoms with Crippen molar-refractivity contribution in [3.8, 4) is 0 Å². The summed E-state index contributed by atoms with van der Waals surface area (Å²) < 4.78 is 1.11. The van der Waals surface area contributed by atoms with Crippen LogP contribution in [0.25, 0.3) is 0 Å². The molecule has 1 nitrogen and oxygen atoms in total. The monoisotopic (exact) mass is 321 g/mol. The van der Waals surface area contributed by atoms with E-state index in [9.17, 15) is 0 Å². The van der Waals surface area contributed by atoms with E-state index in [1.807, 2.05) is 18.2 Å². The maximum atomic E-state index is 6.03. The second-order valence-corrected chi connectivity index (χ2v) is 5.93. The predicted octanol–water partition coefficient (Wildman–Crippen LogP) is 4.68. The summed E-state index contributed by atoms with van der Waals surface area (Å²) in [6, 6.07) is 14.9. The molecule has 0 heterocycles. The van der Waals surface area contributed by atoms with E-state index in [1.165, 1.54) is 11.1 Å². The Morgan fingerprint density at radius 2 is 1.83 bits per heavy atom. The number of benzene rings is 2. The molecule has 0 fully saturated rings. The van der Waals surface area contributed by atoms with Gasteiger partial charge in [0.2, 0.25) is 0 Å². The van der Waals surface area contributed by atoms with Crippen molar-refractivity contribution in [2.45, 2.75) is 18.9 Å². The van der Waals surface area contributed by atoms with Crippen LogP contribution in [0.1, 0.15) is 11.1 Å². The van der Waals surface area contributed by atoms with Crippen LogP contribution < -0.4 is 5.32 Å². The number of rotatable bonds is 2. The lowest BCUT2D eigenvalue weighted by molar-refractivity contribution is 0.774. The summed E-state index contributed by atoms with van der Waals surface area (Å²) in [5.74, 6) is 0. The van der Waals surface area contributed by atoms with E-state index in [2.05, 4.69) is 45.5 Å². The largest absolute Gasteiger partial charge is 0.381 e. The molecule has 18 heavy (non-hydrogen) atoms. The predicted molar refractivity (Wildman–Crippen MR) is 80.4 cm³/mol. The van der Waals surface area contributed by atoms with Gasteiger partial charge in [0, 0.05) is 21.2 Å². The van der Waals surface area contributed by atoms with Crippen molar-refractivity contribution in [2.24, 2.45) is 0 Å². The van der Waals surface area contributed by atoms with Crippen LogP contribution >= 0.6 is 27.5 Å². The number of halogens is 2. The van der Waals surface area contributed by atoms with Crippen LogP contribution in [0, 0.1) is 0 Å². The smallest absolute Gasteiger partial charge is 0.0486 e. The zero-order chi connectivity index (χ0) is 12.5. The van der Waals surface area contributed by atoms with Crippen molar-refractivity contribution in [3.63, 3.8) is 0 Å². The van der Waals surface area contributed by atoms with Gasteiger partial charge in [-0.15, -0.1) is 0 Å². The molecule has 0 spiro atoms. The molecule has 0 saturated carbocycles. The first-order chi connectivity index (χ1) is 8.72. The minimum Gasteiger partial charge on any atom is -0.381 e. The van der Waals surface area contributed by atoms with Crippen LogP contribution in [0.5, 0.6) is 0 Å². The minimum atomic E-state index is 0.456. The zero-order valence-electron chi connectivity index (χ0n) is 9.79. The number of anilines is 1. The summed E-state index contributed by atoms with van der Waals surface area (Å²) in [5, 5.41) is 4.41. The second-order valence-electron chi connectivity index (χ2n) is 4.64. The highest BCUT2D eigenvalue weighted by Crippen LogP contribution is 2.29.